The Morgan fingerprint density at radius 2 is 2.00 bits per heavy atom. The molecule has 1 aromatic rings. The lowest BCUT2D eigenvalue weighted by atomic mass is 9.97. The monoisotopic (exact) mass is 313 g/mol. The van der Waals surface area contributed by atoms with Crippen LogP contribution in [0.5, 0.6) is 0 Å². The number of benzene rings is 1. The van der Waals surface area contributed by atoms with Gasteiger partial charge in [-0.25, -0.2) is 12.8 Å². The van der Waals surface area contributed by atoms with Crippen molar-refractivity contribution in [3.8, 4) is 0 Å². The Morgan fingerprint density at radius 1 is 1.38 bits per heavy atom. The summed E-state index contributed by atoms with van der Waals surface area (Å²) in [6, 6.07) is 5.89. The van der Waals surface area contributed by atoms with E-state index in [4.69, 9.17) is 0 Å². The Bertz CT molecular complexity index is 612. The van der Waals surface area contributed by atoms with Gasteiger partial charge >= 0.3 is 0 Å². The second kappa shape index (κ2) is 6.13. The number of nitrogens with zero attached hydrogens (tertiary/aromatic N) is 1. The molecule has 1 aliphatic heterocycles. The van der Waals surface area contributed by atoms with Crippen molar-refractivity contribution in [2.75, 3.05) is 18.6 Å². The predicted molar refractivity (Wildman–Crippen MR) is 79.3 cm³/mol. The van der Waals surface area contributed by atoms with Crippen LogP contribution in [0.25, 0.3) is 0 Å². The topological polar surface area (TPSA) is 54.5 Å². The van der Waals surface area contributed by atoms with Crippen molar-refractivity contribution >= 4 is 15.7 Å². The fraction of sp³-hybridized carbons (Fsp3) is 0.533. The van der Waals surface area contributed by atoms with Crippen molar-refractivity contribution in [2.45, 2.75) is 31.7 Å². The molecule has 0 aliphatic carbocycles. The molecule has 0 spiro atoms. The molecule has 116 valence electrons. The number of hydrogen-bond donors (Lipinski definition) is 0. The fourth-order valence-corrected chi connectivity index (χ4v) is 4.37. The Morgan fingerprint density at radius 3 is 2.52 bits per heavy atom. The minimum Gasteiger partial charge on any atom is -0.342 e. The number of rotatable bonds is 4. The maximum absolute atomic E-state index is 12.9. The summed E-state index contributed by atoms with van der Waals surface area (Å²) < 4.78 is 35.8. The molecule has 21 heavy (non-hydrogen) atoms. The van der Waals surface area contributed by atoms with E-state index in [1.807, 2.05) is 6.92 Å². The summed E-state index contributed by atoms with van der Waals surface area (Å²) in [6.07, 6.45) is 0.800. The van der Waals surface area contributed by atoms with E-state index in [2.05, 4.69) is 0 Å². The van der Waals surface area contributed by atoms with Gasteiger partial charge in [-0.15, -0.1) is 0 Å². The first-order valence-electron chi connectivity index (χ1n) is 7.00. The van der Waals surface area contributed by atoms with Crippen molar-refractivity contribution in [2.24, 2.45) is 0 Å². The van der Waals surface area contributed by atoms with Crippen molar-refractivity contribution in [3.05, 3.63) is 35.6 Å². The highest BCUT2D eigenvalue weighted by atomic mass is 32.2. The predicted octanol–water partition coefficient (Wildman–Crippen LogP) is 1.96. The number of carbonyl (C=O) groups excluding carboxylic acids is 1. The number of hydrogen-bond acceptors (Lipinski definition) is 3. The first-order chi connectivity index (χ1) is 9.78. The molecule has 1 aromatic carbocycles. The van der Waals surface area contributed by atoms with E-state index in [-0.39, 0.29) is 35.2 Å². The Labute approximate surface area is 124 Å². The molecule has 0 aromatic heterocycles. The van der Waals surface area contributed by atoms with Crippen LogP contribution in [0.4, 0.5) is 4.39 Å². The Balaban J connectivity index is 1.96. The van der Waals surface area contributed by atoms with Crippen LogP contribution in [0.15, 0.2) is 24.3 Å². The van der Waals surface area contributed by atoms with Crippen molar-refractivity contribution in [1.82, 2.24) is 4.90 Å². The highest BCUT2D eigenvalue weighted by Gasteiger charge is 2.32. The molecule has 1 saturated heterocycles. The van der Waals surface area contributed by atoms with Crippen LogP contribution < -0.4 is 0 Å². The minimum atomic E-state index is -2.99. The van der Waals surface area contributed by atoms with Crippen molar-refractivity contribution < 1.29 is 17.6 Å². The van der Waals surface area contributed by atoms with E-state index in [0.29, 0.717) is 12.8 Å². The normalized spacial score (nSPS) is 22.0. The largest absolute Gasteiger partial charge is 0.342 e. The summed E-state index contributed by atoms with van der Waals surface area (Å²) in [5, 5.41) is 0. The zero-order chi connectivity index (χ0) is 15.6. The van der Waals surface area contributed by atoms with E-state index < -0.39 is 9.84 Å². The van der Waals surface area contributed by atoms with Gasteiger partial charge in [0.05, 0.1) is 11.5 Å². The molecule has 6 heteroatoms. The third kappa shape index (κ3) is 4.03. The molecular weight excluding hydrogens is 293 g/mol. The summed E-state index contributed by atoms with van der Waals surface area (Å²) in [5.74, 6) is -0.193. The zero-order valence-electron chi connectivity index (χ0n) is 12.3. The fourth-order valence-electron chi connectivity index (χ4n) is 2.60. The molecule has 2 unspecified atom stereocenters. The number of sulfone groups is 1. The molecule has 1 heterocycles. The van der Waals surface area contributed by atoms with E-state index in [0.717, 1.165) is 5.56 Å². The molecule has 1 aliphatic rings. The third-order valence-electron chi connectivity index (χ3n) is 4.07. The Kier molecular flexibility index (Phi) is 4.66. The number of amides is 1. The first-order valence-corrected chi connectivity index (χ1v) is 8.82. The smallest absolute Gasteiger partial charge is 0.223 e. The molecule has 0 N–H and O–H groups in total. The maximum Gasteiger partial charge on any atom is 0.223 e. The van der Waals surface area contributed by atoms with E-state index in [1.165, 1.54) is 12.1 Å². The molecule has 0 saturated carbocycles. The second-order valence-corrected chi connectivity index (χ2v) is 7.95. The van der Waals surface area contributed by atoms with Crippen LogP contribution in [0.1, 0.15) is 31.2 Å². The van der Waals surface area contributed by atoms with Crippen LogP contribution in [-0.2, 0) is 14.6 Å². The van der Waals surface area contributed by atoms with Crippen LogP contribution in [0.3, 0.4) is 0 Å². The summed E-state index contributed by atoms with van der Waals surface area (Å²) in [7, 11) is -1.34. The van der Waals surface area contributed by atoms with Crippen LogP contribution >= 0.6 is 0 Å². The van der Waals surface area contributed by atoms with Gasteiger partial charge in [0.25, 0.3) is 0 Å². The molecule has 4 nitrogen and oxygen atoms in total. The molecule has 2 rings (SSSR count). The van der Waals surface area contributed by atoms with E-state index >= 15 is 0 Å². The first kappa shape index (κ1) is 15.9. The SMILES string of the molecule is CC(CC(=O)N(C)C1CCS(=O)(=O)C1)c1ccc(F)cc1. The highest BCUT2D eigenvalue weighted by Crippen LogP contribution is 2.23. The lowest BCUT2D eigenvalue weighted by Crippen LogP contribution is -2.38. The second-order valence-electron chi connectivity index (χ2n) is 5.72. The third-order valence-corrected chi connectivity index (χ3v) is 5.82. The van der Waals surface area contributed by atoms with Crippen LogP contribution in [-0.4, -0.2) is 43.8 Å². The summed E-state index contributed by atoms with van der Waals surface area (Å²) in [4.78, 5) is 13.8. The van der Waals surface area contributed by atoms with Gasteiger partial charge in [0.15, 0.2) is 9.84 Å². The maximum atomic E-state index is 12.9. The van der Waals surface area contributed by atoms with Gasteiger partial charge in [0.1, 0.15) is 5.82 Å². The minimum absolute atomic E-state index is 0.0291. The Hall–Kier alpha value is -1.43. The summed E-state index contributed by atoms with van der Waals surface area (Å²) in [5.41, 5.74) is 0.900. The van der Waals surface area contributed by atoms with Gasteiger partial charge in [-0.3, -0.25) is 4.79 Å². The lowest BCUT2D eigenvalue weighted by molar-refractivity contribution is -0.131. The summed E-state index contributed by atoms with van der Waals surface area (Å²) >= 11 is 0. The molecule has 1 fully saturated rings. The standard InChI is InChI=1S/C15H20FNO3S/c1-11(12-3-5-13(16)6-4-12)9-15(18)17(2)14-7-8-21(19,20)10-14/h3-6,11,14H,7-10H2,1-2H3. The van der Waals surface area contributed by atoms with Crippen molar-refractivity contribution in [1.29, 1.82) is 0 Å². The van der Waals surface area contributed by atoms with Crippen LogP contribution in [0, 0.1) is 5.82 Å². The van der Waals surface area contributed by atoms with Gasteiger partial charge in [-0.1, -0.05) is 19.1 Å². The van der Waals surface area contributed by atoms with Gasteiger partial charge in [0.2, 0.25) is 5.91 Å². The van der Waals surface area contributed by atoms with E-state index in [9.17, 15) is 17.6 Å². The molecule has 1 amide bonds. The van der Waals surface area contributed by atoms with Gasteiger partial charge in [0, 0.05) is 19.5 Å². The number of halogens is 1. The summed E-state index contributed by atoms with van der Waals surface area (Å²) in [6.45, 7) is 1.91. The zero-order valence-corrected chi connectivity index (χ0v) is 13.1. The van der Waals surface area contributed by atoms with Gasteiger partial charge in [-0.2, -0.15) is 0 Å². The van der Waals surface area contributed by atoms with Crippen molar-refractivity contribution in [3.63, 3.8) is 0 Å². The average Bonchev–Trinajstić information content (AvgIpc) is 2.78. The van der Waals surface area contributed by atoms with Gasteiger partial charge in [-0.05, 0) is 30.0 Å². The molecule has 0 radical (unpaired) electrons. The quantitative estimate of drug-likeness (QED) is 0.854. The van der Waals surface area contributed by atoms with E-state index in [1.54, 1.807) is 24.1 Å². The van der Waals surface area contributed by atoms with Gasteiger partial charge < -0.3 is 4.90 Å². The number of carbonyl (C=O) groups is 1. The van der Waals surface area contributed by atoms with Crippen LogP contribution in [0.2, 0.25) is 0 Å². The average molecular weight is 313 g/mol. The molecular formula is C15H20FNO3S. The molecule has 2 atom stereocenters. The lowest BCUT2D eigenvalue weighted by Gasteiger charge is -2.25. The highest BCUT2D eigenvalue weighted by molar-refractivity contribution is 7.91. The molecule has 0 bridgehead atoms.